The van der Waals surface area contributed by atoms with E-state index in [4.69, 9.17) is 18.9 Å². The van der Waals surface area contributed by atoms with Crippen LogP contribution in [0.5, 0.6) is 17.2 Å². The number of ether oxygens (including phenoxy) is 4. The summed E-state index contributed by atoms with van der Waals surface area (Å²) in [6.45, 7) is 0.0387. The van der Waals surface area contributed by atoms with E-state index in [0.717, 1.165) is 11.1 Å². The molecular formula is C30H29Br3N2O7. The molecule has 0 saturated heterocycles. The largest absolute Gasteiger partial charge is 0.492 e. The van der Waals surface area contributed by atoms with Crippen LogP contribution in [-0.4, -0.2) is 68.2 Å². The number of nitrogens with zero attached hydrogens (tertiary/aromatic N) is 2. The number of carbonyl (C=O) groups excluding carboxylic acids is 3. The average Bonchev–Trinajstić information content (AvgIpc) is 2.97. The van der Waals surface area contributed by atoms with E-state index in [-0.39, 0.29) is 19.4 Å². The van der Waals surface area contributed by atoms with Crippen LogP contribution in [0.15, 0.2) is 68.0 Å². The number of hydrogen-bond acceptors (Lipinski definition) is 7. The van der Waals surface area contributed by atoms with E-state index in [1.165, 1.54) is 38.1 Å². The van der Waals surface area contributed by atoms with Gasteiger partial charge >= 0.3 is 12.1 Å². The molecule has 2 aliphatic rings. The summed E-state index contributed by atoms with van der Waals surface area (Å²) in [5, 5.41) is 0. The van der Waals surface area contributed by atoms with Crippen molar-refractivity contribution >= 4 is 65.8 Å². The predicted molar refractivity (Wildman–Crippen MR) is 167 cm³/mol. The van der Waals surface area contributed by atoms with Crippen LogP contribution >= 0.6 is 47.8 Å². The van der Waals surface area contributed by atoms with Crippen molar-refractivity contribution in [1.82, 2.24) is 9.80 Å². The minimum atomic E-state index is -1.03. The summed E-state index contributed by atoms with van der Waals surface area (Å²) >= 11 is 10.7. The van der Waals surface area contributed by atoms with Gasteiger partial charge in [-0.25, -0.2) is 9.59 Å². The number of rotatable bonds is 5. The van der Waals surface area contributed by atoms with Gasteiger partial charge in [-0.2, -0.15) is 0 Å². The van der Waals surface area contributed by atoms with E-state index in [1.807, 2.05) is 42.5 Å². The van der Waals surface area contributed by atoms with E-state index < -0.39 is 30.1 Å². The summed E-state index contributed by atoms with van der Waals surface area (Å²) in [5.41, 5.74) is 2.22. The summed E-state index contributed by atoms with van der Waals surface area (Å²) in [4.78, 5) is 42.9. The molecule has 2 aliphatic heterocycles. The van der Waals surface area contributed by atoms with Crippen LogP contribution in [0.2, 0.25) is 0 Å². The van der Waals surface area contributed by atoms with Gasteiger partial charge in [-0.15, -0.1) is 0 Å². The maximum absolute atomic E-state index is 14.1. The van der Waals surface area contributed by atoms with Crippen molar-refractivity contribution in [1.29, 1.82) is 0 Å². The standard InChI is InChI=1S/C30H29Br3N2O7/c1-34-24(29(37)40-4)14-18-10-20(31)26(21(32)11-18)42-25-15-19(12-22(33)27(25)39-3)13-23(28(34)36)35(2)30(38)41-16-17-8-6-5-7-9-17/h5-12,15,23-24H,13-14,16H2,1-4H3/t23-,24-/m0/s1. The first-order valence-corrected chi connectivity index (χ1v) is 15.2. The molecule has 3 aromatic rings. The fourth-order valence-electron chi connectivity index (χ4n) is 4.64. The molecule has 5 rings (SSSR count). The topological polar surface area (TPSA) is 94.6 Å². The van der Waals surface area contributed by atoms with Gasteiger partial charge in [-0.3, -0.25) is 9.69 Å². The minimum Gasteiger partial charge on any atom is -0.492 e. The first-order chi connectivity index (χ1) is 20.0. The van der Waals surface area contributed by atoms with E-state index in [0.29, 0.717) is 36.2 Å². The van der Waals surface area contributed by atoms with Gasteiger partial charge < -0.3 is 23.8 Å². The summed E-state index contributed by atoms with van der Waals surface area (Å²) < 4.78 is 24.4. The number of likely N-dealkylation sites (N-methyl/N-ethyl adjacent to an activating group) is 2. The Labute approximate surface area is 269 Å². The summed E-state index contributed by atoms with van der Waals surface area (Å²) in [7, 11) is 5.84. The van der Waals surface area contributed by atoms with E-state index in [2.05, 4.69) is 47.8 Å². The van der Waals surface area contributed by atoms with Crippen LogP contribution in [-0.2, 0) is 38.5 Å². The Morgan fingerprint density at radius 1 is 0.976 bits per heavy atom. The fraction of sp³-hybridized carbons (Fsp3) is 0.300. The monoisotopic (exact) mass is 766 g/mol. The number of hydrogen-bond donors (Lipinski definition) is 0. The van der Waals surface area contributed by atoms with Gasteiger partial charge in [0.15, 0.2) is 17.2 Å². The molecule has 0 saturated carbocycles. The Hall–Kier alpha value is -3.09. The zero-order valence-corrected chi connectivity index (χ0v) is 28.1. The number of benzene rings is 3. The molecule has 2 heterocycles. The van der Waals surface area contributed by atoms with Crippen LogP contribution in [0.4, 0.5) is 4.79 Å². The number of fused-ring (bicyclic) bond motifs is 7. The maximum Gasteiger partial charge on any atom is 0.410 e. The van der Waals surface area contributed by atoms with Crippen LogP contribution in [0, 0.1) is 0 Å². The Morgan fingerprint density at radius 2 is 1.60 bits per heavy atom. The molecule has 0 unspecified atom stereocenters. The first kappa shape index (κ1) is 31.8. The third-order valence-corrected chi connectivity index (χ3v) is 8.70. The molecule has 2 atom stereocenters. The second-order valence-corrected chi connectivity index (χ2v) is 12.2. The van der Waals surface area contributed by atoms with Crippen molar-refractivity contribution in [3.63, 3.8) is 0 Å². The van der Waals surface area contributed by atoms with Gasteiger partial charge in [0.05, 0.1) is 27.6 Å². The van der Waals surface area contributed by atoms with Crippen molar-refractivity contribution in [3.8, 4) is 17.2 Å². The highest BCUT2D eigenvalue weighted by molar-refractivity contribution is 9.11. The second-order valence-electron chi connectivity index (χ2n) is 9.66. The highest BCUT2D eigenvalue weighted by atomic mass is 79.9. The molecule has 0 aliphatic carbocycles. The first-order valence-electron chi connectivity index (χ1n) is 12.8. The SMILES string of the molecule is COC(=O)[C@@H]1Cc2cc(Br)c(c(Br)c2)Oc2cc(cc(Br)c2OC)C[C@H](N(C)C(=O)OCc2ccccc2)C(=O)N1C. The Morgan fingerprint density at radius 3 is 2.21 bits per heavy atom. The molecule has 0 radical (unpaired) electrons. The third-order valence-electron chi connectivity index (χ3n) is 6.94. The Kier molecular flexibility index (Phi) is 10.6. The highest BCUT2D eigenvalue weighted by Crippen LogP contribution is 2.44. The second kappa shape index (κ2) is 13.9. The van der Waals surface area contributed by atoms with Crippen LogP contribution in [0.25, 0.3) is 0 Å². The lowest BCUT2D eigenvalue weighted by molar-refractivity contribution is -0.153. The number of esters is 1. The number of carbonyl (C=O) groups is 3. The lowest BCUT2D eigenvalue weighted by Crippen LogP contribution is -2.54. The van der Waals surface area contributed by atoms with Gasteiger partial charge in [0.2, 0.25) is 5.91 Å². The molecule has 9 nitrogen and oxygen atoms in total. The van der Waals surface area contributed by atoms with Crippen LogP contribution in [0.1, 0.15) is 16.7 Å². The van der Waals surface area contributed by atoms with Gasteiger partial charge in [-0.1, -0.05) is 30.3 Å². The maximum atomic E-state index is 14.1. The van der Waals surface area contributed by atoms with Gasteiger partial charge in [0.25, 0.3) is 0 Å². The summed E-state index contributed by atoms with van der Waals surface area (Å²) in [6.07, 6.45) is -0.443. The van der Waals surface area contributed by atoms with Crippen molar-refractivity contribution < 1.29 is 33.3 Å². The van der Waals surface area contributed by atoms with Crippen molar-refractivity contribution in [2.45, 2.75) is 31.5 Å². The molecule has 12 heteroatoms. The Balaban J connectivity index is 1.80. The fourth-order valence-corrected chi connectivity index (χ4v) is 6.73. The van der Waals surface area contributed by atoms with E-state index in [9.17, 15) is 14.4 Å². The number of amides is 2. The Bertz CT molecular complexity index is 1460. The normalized spacial score (nSPS) is 16.7. The quantitative estimate of drug-likeness (QED) is 0.274. The highest BCUT2D eigenvalue weighted by Gasteiger charge is 2.37. The van der Waals surface area contributed by atoms with E-state index in [1.54, 1.807) is 12.1 Å². The molecule has 3 aromatic carbocycles. The lowest BCUT2D eigenvalue weighted by atomic mass is 10.00. The van der Waals surface area contributed by atoms with Crippen molar-refractivity contribution in [2.24, 2.45) is 0 Å². The smallest absolute Gasteiger partial charge is 0.410 e. The molecule has 222 valence electrons. The minimum absolute atomic E-state index is 0.0387. The van der Waals surface area contributed by atoms with Crippen LogP contribution in [0.3, 0.4) is 0 Å². The van der Waals surface area contributed by atoms with Gasteiger partial charge in [0, 0.05) is 26.9 Å². The molecule has 4 bridgehead atoms. The zero-order chi connectivity index (χ0) is 30.6. The molecule has 0 spiro atoms. The van der Waals surface area contributed by atoms with Crippen molar-refractivity contribution in [3.05, 3.63) is 84.7 Å². The summed E-state index contributed by atoms with van der Waals surface area (Å²) in [5.74, 6) is 0.290. The molecule has 0 aromatic heterocycles. The van der Waals surface area contributed by atoms with Gasteiger partial charge in [0.1, 0.15) is 18.7 Å². The average molecular weight is 769 g/mol. The molecule has 2 amide bonds. The third kappa shape index (κ3) is 7.09. The predicted octanol–water partition coefficient (Wildman–Crippen LogP) is 6.51. The van der Waals surface area contributed by atoms with Crippen LogP contribution < -0.4 is 9.47 Å². The molecule has 0 fully saturated rings. The number of halogens is 3. The van der Waals surface area contributed by atoms with E-state index >= 15 is 0 Å². The molecule has 0 N–H and O–H groups in total. The zero-order valence-electron chi connectivity index (χ0n) is 23.4. The molecular weight excluding hydrogens is 740 g/mol. The molecule has 42 heavy (non-hydrogen) atoms. The number of methoxy groups -OCH3 is 2. The van der Waals surface area contributed by atoms with Gasteiger partial charge in [-0.05, 0) is 88.7 Å². The van der Waals surface area contributed by atoms with Crippen molar-refractivity contribution in [2.75, 3.05) is 28.3 Å². The summed E-state index contributed by atoms with van der Waals surface area (Å²) in [6, 6.07) is 14.4. The lowest BCUT2D eigenvalue weighted by Gasteiger charge is -2.34.